The molecule has 2 rings (SSSR count). The fraction of sp³-hybridized carbons (Fsp3) is 0.214. The third kappa shape index (κ3) is 3.43. The number of rotatable bonds is 5. The predicted octanol–water partition coefficient (Wildman–Crippen LogP) is 4.24. The molecule has 0 unspecified atom stereocenters. The molecule has 0 amide bonds. The average molecular weight is 402 g/mol. The summed E-state index contributed by atoms with van der Waals surface area (Å²) in [6.07, 6.45) is 1.70. The summed E-state index contributed by atoms with van der Waals surface area (Å²) in [5.74, 6) is 1.37. The van der Waals surface area contributed by atoms with Gasteiger partial charge in [-0.2, -0.15) is 0 Å². The van der Waals surface area contributed by atoms with Crippen molar-refractivity contribution >= 4 is 37.5 Å². The fourth-order valence-electron chi connectivity index (χ4n) is 1.79. The Morgan fingerprint density at radius 3 is 2.45 bits per heavy atom. The van der Waals surface area contributed by atoms with Crippen molar-refractivity contribution in [3.63, 3.8) is 0 Å². The second-order valence-corrected chi connectivity index (χ2v) is 5.72. The third-order valence-electron chi connectivity index (χ3n) is 2.71. The molecule has 1 aromatic carbocycles. The first-order chi connectivity index (χ1) is 9.65. The molecule has 1 N–H and O–H groups in total. The summed E-state index contributed by atoms with van der Waals surface area (Å²) in [5.41, 5.74) is 1.97. The molecule has 2 aromatic rings. The van der Waals surface area contributed by atoms with E-state index in [-0.39, 0.29) is 0 Å². The second-order valence-electron chi connectivity index (χ2n) is 4.01. The summed E-state index contributed by atoms with van der Waals surface area (Å²) in [4.78, 5) is 4.15. The largest absolute Gasteiger partial charge is 0.494 e. The average Bonchev–Trinajstić information content (AvgIpc) is 2.45. The number of halogens is 2. The van der Waals surface area contributed by atoms with Gasteiger partial charge >= 0.3 is 0 Å². The lowest BCUT2D eigenvalue weighted by molar-refractivity contribution is 0.399. The van der Waals surface area contributed by atoms with Crippen molar-refractivity contribution in [1.29, 1.82) is 0 Å². The Hall–Kier alpha value is -1.27. The lowest BCUT2D eigenvalue weighted by Crippen LogP contribution is -2.02. The minimum absolute atomic E-state index is 0.583. The number of anilines is 1. The van der Waals surface area contributed by atoms with E-state index in [4.69, 9.17) is 9.47 Å². The predicted molar refractivity (Wildman–Crippen MR) is 86.5 cm³/mol. The number of pyridine rings is 1. The smallest absolute Gasteiger partial charge is 0.237 e. The van der Waals surface area contributed by atoms with Crippen LogP contribution in [0.15, 0.2) is 39.4 Å². The molecule has 0 aliphatic rings. The van der Waals surface area contributed by atoms with E-state index >= 15 is 0 Å². The number of methoxy groups -OCH3 is 2. The molecule has 4 nitrogen and oxygen atoms in total. The second kappa shape index (κ2) is 6.95. The van der Waals surface area contributed by atoms with E-state index in [1.807, 2.05) is 24.3 Å². The molecule has 20 heavy (non-hydrogen) atoms. The number of nitrogens with zero attached hydrogens (tertiary/aromatic N) is 1. The van der Waals surface area contributed by atoms with Crippen LogP contribution < -0.4 is 14.8 Å². The highest BCUT2D eigenvalue weighted by Gasteiger charge is 2.08. The first kappa shape index (κ1) is 15.1. The maximum atomic E-state index is 5.29. The Labute approximate surface area is 134 Å². The quantitative estimate of drug-likeness (QED) is 0.813. The lowest BCUT2D eigenvalue weighted by atomic mass is 10.2. The normalized spacial score (nSPS) is 10.2. The van der Waals surface area contributed by atoms with Gasteiger partial charge in [0.15, 0.2) is 0 Å². The monoisotopic (exact) mass is 400 g/mol. The third-order valence-corrected chi connectivity index (χ3v) is 3.89. The molecule has 0 fully saturated rings. The molecule has 0 spiro atoms. The molecule has 0 saturated heterocycles. The number of ether oxygens (including phenoxy) is 2. The van der Waals surface area contributed by atoms with Crippen molar-refractivity contribution in [3.05, 3.63) is 45.0 Å². The van der Waals surface area contributed by atoms with Gasteiger partial charge in [-0.25, -0.2) is 4.98 Å². The van der Waals surface area contributed by atoms with Crippen molar-refractivity contribution in [2.75, 3.05) is 19.5 Å². The number of aromatic nitrogens is 1. The molecule has 1 aromatic heterocycles. The minimum atomic E-state index is 0.583. The Bertz CT molecular complexity index is 582. The maximum Gasteiger partial charge on any atom is 0.237 e. The maximum absolute atomic E-state index is 5.29. The van der Waals surface area contributed by atoms with Crippen molar-refractivity contribution in [3.8, 4) is 11.6 Å². The molecule has 0 radical (unpaired) electrons. The van der Waals surface area contributed by atoms with E-state index < -0.39 is 0 Å². The zero-order valence-electron chi connectivity index (χ0n) is 11.1. The summed E-state index contributed by atoms with van der Waals surface area (Å²) in [6, 6.07) is 7.82. The van der Waals surface area contributed by atoms with Crippen molar-refractivity contribution in [1.82, 2.24) is 4.98 Å². The van der Waals surface area contributed by atoms with Crippen LogP contribution >= 0.6 is 31.9 Å². The number of hydrogen-bond acceptors (Lipinski definition) is 4. The van der Waals surface area contributed by atoms with Crippen LogP contribution in [0.2, 0.25) is 0 Å². The van der Waals surface area contributed by atoms with E-state index in [0.29, 0.717) is 12.4 Å². The molecular formula is C14H14Br2N2O2. The summed E-state index contributed by atoms with van der Waals surface area (Å²) in [7, 11) is 3.25. The minimum Gasteiger partial charge on any atom is -0.494 e. The van der Waals surface area contributed by atoms with Crippen LogP contribution in [0.3, 0.4) is 0 Å². The van der Waals surface area contributed by atoms with Gasteiger partial charge in [0.2, 0.25) is 5.88 Å². The molecular weight excluding hydrogens is 388 g/mol. The zero-order chi connectivity index (χ0) is 14.5. The van der Waals surface area contributed by atoms with Crippen molar-refractivity contribution in [2.24, 2.45) is 0 Å². The number of nitrogens with one attached hydrogen (secondary N) is 1. The van der Waals surface area contributed by atoms with Crippen LogP contribution in [0.25, 0.3) is 0 Å². The molecule has 6 heteroatoms. The van der Waals surface area contributed by atoms with Crippen LogP contribution in [0.5, 0.6) is 11.6 Å². The molecule has 0 aliphatic heterocycles. The van der Waals surface area contributed by atoms with Crippen molar-refractivity contribution in [2.45, 2.75) is 6.54 Å². The molecule has 106 valence electrons. The first-order valence-corrected chi connectivity index (χ1v) is 7.49. The Balaban J connectivity index is 2.15. The van der Waals surface area contributed by atoms with Crippen LogP contribution in [0.1, 0.15) is 5.56 Å². The Kier molecular flexibility index (Phi) is 5.25. The zero-order valence-corrected chi connectivity index (χ0v) is 14.3. The van der Waals surface area contributed by atoms with Gasteiger partial charge in [0.25, 0.3) is 0 Å². The van der Waals surface area contributed by atoms with Gasteiger partial charge in [-0.1, -0.05) is 0 Å². The van der Waals surface area contributed by atoms with Gasteiger partial charge in [0.05, 0.1) is 28.9 Å². The molecule has 0 atom stereocenters. The van der Waals surface area contributed by atoms with E-state index in [1.54, 1.807) is 20.4 Å². The van der Waals surface area contributed by atoms with Gasteiger partial charge < -0.3 is 14.8 Å². The molecule has 0 aliphatic carbocycles. The molecule has 0 bridgehead atoms. The lowest BCUT2D eigenvalue weighted by Gasteiger charge is -2.12. The number of hydrogen-bond donors (Lipinski definition) is 1. The van der Waals surface area contributed by atoms with Gasteiger partial charge in [-0.05, 0) is 61.7 Å². The Morgan fingerprint density at radius 2 is 1.85 bits per heavy atom. The standard InChI is InChI=1S/C14H14Br2N2O2/c1-19-13-10(15)6-9(7-11(13)16)8-18-12-4-3-5-17-14(12)20-2/h3-7,18H,8H2,1-2H3. The van der Waals surface area contributed by atoms with E-state index in [2.05, 4.69) is 42.2 Å². The van der Waals surface area contributed by atoms with E-state index in [0.717, 1.165) is 25.9 Å². The highest BCUT2D eigenvalue weighted by atomic mass is 79.9. The summed E-state index contributed by atoms with van der Waals surface area (Å²) < 4.78 is 12.3. The van der Waals surface area contributed by atoms with Crippen LogP contribution in [0, 0.1) is 0 Å². The Morgan fingerprint density at radius 1 is 1.15 bits per heavy atom. The van der Waals surface area contributed by atoms with Crippen LogP contribution in [0.4, 0.5) is 5.69 Å². The van der Waals surface area contributed by atoms with E-state index in [9.17, 15) is 0 Å². The van der Waals surface area contributed by atoms with Crippen molar-refractivity contribution < 1.29 is 9.47 Å². The van der Waals surface area contributed by atoms with Gasteiger partial charge in [0, 0.05) is 12.7 Å². The first-order valence-electron chi connectivity index (χ1n) is 5.90. The van der Waals surface area contributed by atoms with Gasteiger partial charge in [-0.15, -0.1) is 0 Å². The van der Waals surface area contributed by atoms with Crippen LogP contribution in [-0.4, -0.2) is 19.2 Å². The fourth-order valence-corrected chi connectivity index (χ4v) is 3.40. The highest BCUT2D eigenvalue weighted by molar-refractivity contribution is 9.11. The van der Waals surface area contributed by atoms with E-state index in [1.165, 1.54) is 0 Å². The SMILES string of the molecule is COc1ncccc1NCc1cc(Br)c(OC)c(Br)c1. The van der Waals surface area contributed by atoms with Gasteiger partial charge in [-0.3, -0.25) is 0 Å². The topological polar surface area (TPSA) is 43.4 Å². The number of benzene rings is 1. The van der Waals surface area contributed by atoms with Crippen LogP contribution in [-0.2, 0) is 6.54 Å². The highest BCUT2D eigenvalue weighted by Crippen LogP contribution is 2.34. The molecule has 0 saturated carbocycles. The summed E-state index contributed by atoms with van der Waals surface area (Å²) in [6.45, 7) is 0.656. The molecule has 1 heterocycles. The summed E-state index contributed by atoms with van der Waals surface area (Å²) in [5, 5.41) is 3.30. The summed E-state index contributed by atoms with van der Waals surface area (Å²) >= 11 is 6.99. The van der Waals surface area contributed by atoms with Gasteiger partial charge in [0.1, 0.15) is 5.75 Å².